The van der Waals surface area contributed by atoms with Gasteiger partial charge in [-0.15, -0.1) is 0 Å². The molecule has 0 aliphatic rings. The third-order valence-corrected chi connectivity index (χ3v) is 1.85. The minimum absolute atomic E-state index is 0.140. The van der Waals surface area contributed by atoms with Crippen LogP contribution in [0.15, 0.2) is 0 Å². The highest BCUT2D eigenvalue weighted by molar-refractivity contribution is 5.85. The topological polar surface area (TPSA) is 81.4 Å². The van der Waals surface area contributed by atoms with E-state index in [9.17, 15) is 9.59 Å². The number of amides is 1. The number of carbonyl (C=O) groups is 2. The number of esters is 1. The van der Waals surface area contributed by atoms with Gasteiger partial charge in [-0.1, -0.05) is 20.8 Å². The molecule has 5 heteroatoms. The van der Waals surface area contributed by atoms with Crippen LogP contribution < -0.4 is 11.1 Å². The van der Waals surface area contributed by atoms with Crippen molar-refractivity contribution >= 4 is 11.9 Å². The van der Waals surface area contributed by atoms with Crippen LogP contribution >= 0.6 is 0 Å². The van der Waals surface area contributed by atoms with E-state index in [1.54, 1.807) is 0 Å². The van der Waals surface area contributed by atoms with Gasteiger partial charge in [0.15, 0.2) is 0 Å². The number of nitrogens with one attached hydrogen (secondary N) is 1. The number of hydrogen-bond acceptors (Lipinski definition) is 4. The Kier molecular flexibility index (Phi) is 4.56. The van der Waals surface area contributed by atoms with Crippen molar-refractivity contribution in [3.63, 3.8) is 0 Å². The van der Waals surface area contributed by atoms with Gasteiger partial charge in [0.2, 0.25) is 5.91 Å². The van der Waals surface area contributed by atoms with E-state index in [-0.39, 0.29) is 17.9 Å². The number of nitrogens with two attached hydrogens (primary N) is 1. The molecule has 1 amide bonds. The van der Waals surface area contributed by atoms with Gasteiger partial charge >= 0.3 is 5.97 Å². The summed E-state index contributed by atoms with van der Waals surface area (Å²) in [7, 11) is 1.26. The molecular formula is C9H18N2O3. The first-order valence-electron chi connectivity index (χ1n) is 4.39. The molecule has 0 spiro atoms. The molecule has 0 aliphatic heterocycles. The maximum Gasteiger partial charge on any atom is 0.325 e. The summed E-state index contributed by atoms with van der Waals surface area (Å²) in [6.45, 7) is 5.43. The van der Waals surface area contributed by atoms with Crippen LogP contribution in [0.3, 0.4) is 0 Å². The molecular weight excluding hydrogens is 184 g/mol. The summed E-state index contributed by atoms with van der Waals surface area (Å²) < 4.78 is 4.37. The smallest absolute Gasteiger partial charge is 0.325 e. The zero-order valence-electron chi connectivity index (χ0n) is 9.09. The molecule has 0 rings (SSSR count). The molecule has 0 aromatic rings. The lowest BCUT2D eigenvalue weighted by Crippen LogP contribution is -2.49. The Balaban J connectivity index is 4.04. The predicted octanol–water partition coefficient (Wildman–Crippen LogP) is -0.351. The highest BCUT2D eigenvalue weighted by Gasteiger charge is 2.27. The summed E-state index contributed by atoms with van der Waals surface area (Å²) in [6.07, 6.45) is 0. The van der Waals surface area contributed by atoms with Gasteiger partial charge in [-0.05, 0) is 5.41 Å². The van der Waals surface area contributed by atoms with Crippen molar-refractivity contribution in [2.45, 2.75) is 26.8 Å². The second-order valence-electron chi connectivity index (χ2n) is 4.14. The van der Waals surface area contributed by atoms with Crippen molar-refractivity contribution in [1.29, 1.82) is 0 Å². The van der Waals surface area contributed by atoms with Crippen LogP contribution in [0.4, 0.5) is 0 Å². The van der Waals surface area contributed by atoms with Crippen LogP contribution in [-0.4, -0.2) is 31.6 Å². The molecule has 3 N–H and O–H groups in total. The van der Waals surface area contributed by atoms with E-state index in [0.29, 0.717) is 0 Å². The van der Waals surface area contributed by atoms with E-state index < -0.39 is 12.0 Å². The molecule has 0 aromatic heterocycles. The Morgan fingerprint density at radius 3 is 2.29 bits per heavy atom. The van der Waals surface area contributed by atoms with Gasteiger partial charge in [0.05, 0.1) is 13.2 Å². The normalized spacial score (nSPS) is 13.2. The largest absolute Gasteiger partial charge is 0.468 e. The quantitative estimate of drug-likeness (QED) is 0.613. The number of ether oxygens (including phenoxy) is 1. The van der Waals surface area contributed by atoms with Gasteiger partial charge in [0, 0.05) is 0 Å². The maximum absolute atomic E-state index is 11.4. The van der Waals surface area contributed by atoms with E-state index in [4.69, 9.17) is 5.73 Å². The third-order valence-electron chi connectivity index (χ3n) is 1.85. The van der Waals surface area contributed by atoms with Crippen LogP contribution in [0.1, 0.15) is 20.8 Å². The lowest BCUT2D eigenvalue weighted by Gasteiger charge is -2.25. The van der Waals surface area contributed by atoms with Crippen molar-refractivity contribution in [1.82, 2.24) is 5.32 Å². The Labute approximate surface area is 84.0 Å². The molecule has 1 atom stereocenters. The molecule has 0 fully saturated rings. The van der Waals surface area contributed by atoms with E-state index in [0.717, 1.165) is 0 Å². The Morgan fingerprint density at radius 2 is 1.93 bits per heavy atom. The van der Waals surface area contributed by atoms with Gasteiger partial charge < -0.3 is 15.8 Å². The van der Waals surface area contributed by atoms with Gasteiger partial charge in [0.1, 0.15) is 6.54 Å². The average molecular weight is 202 g/mol. The van der Waals surface area contributed by atoms with E-state index in [2.05, 4.69) is 10.1 Å². The third kappa shape index (κ3) is 4.23. The fourth-order valence-corrected chi connectivity index (χ4v) is 0.735. The molecule has 0 heterocycles. The first kappa shape index (κ1) is 12.9. The molecule has 0 saturated heterocycles. The van der Waals surface area contributed by atoms with Crippen molar-refractivity contribution < 1.29 is 14.3 Å². The van der Waals surface area contributed by atoms with Crippen molar-refractivity contribution in [3.05, 3.63) is 0 Å². The summed E-state index contributed by atoms with van der Waals surface area (Å²) in [5.41, 5.74) is 5.34. The number of carbonyl (C=O) groups excluding carboxylic acids is 2. The van der Waals surface area contributed by atoms with Crippen LogP contribution in [0.25, 0.3) is 0 Å². The predicted molar refractivity (Wildman–Crippen MR) is 52.5 cm³/mol. The molecule has 0 bridgehead atoms. The summed E-state index contributed by atoms with van der Waals surface area (Å²) in [5.74, 6) is -0.831. The summed E-state index contributed by atoms with van der Waals surface area (Å²) >= 11 is 0. The van der Waals surface area contributed by atoms with Crippen LogP contribution in [0.5, 0.6) is 0 Å². The Bertz CT molecular complexity index is 221. The average Bonchev–Trinajstić information content (AvgIpc) is 2.10. The summed E-state index contributed by atoms with van der Waals surface area (Å²) in [4.78, 5) is 22.1. The molecule has 0 aliphatic carbocycles. The Hall–Kier alpha value is -1.10. The highest BCUT2D eigenvalue weighted by Crippen LogP contribution is 2.16. The maximum atomic E-state index is 11.4. The highest BCUT2D eigenvalue weighted by atomic mass is 16.5. The fraction of sp³-hybridized carbons (Fsp3) is 0.778. The van der Waals surface area contributed by atoms with E-state index >= 15 is 0 Å². The minimum atomic E-state index is -0.632. The van der Waals surface area contributed by atoms with Gasteiger partial charge in [-0.2, -0.15) is 0 Å². The zero-order valence-corrected chi connectivity index (χ0v) is 9.09. The van der Waals surface area contributed by atoms with Crippen LogP contribution in [0, 0.1) is 5.41 Å². The molecule has 0 aromatic carbocycles. The molecule has 82 valence electrons. The van der Waals surface area contributed by atoms with Crippen LogP contribution in [0.2, 0.25) is 0 Å². The van der Waals surface area contributed by atoms with Crippen molar-refractivity contribution in [2.75, 3.05) is 13.7 Å². The van der Waals surface area contributed by atoms with Crippen molar-refractivity contribution in [3.8, 4) is 0 Å². The number of methoxy groups -OCH3 is 1. The molecule has 14 heavy (non-hydrogen) atoms. The van der Waals surface area contributed by atoms with Gasteiger partial charge in [-0.3, -0.25) is 9.59 Å². The molecule has 0 radical (unpaired) electrons. The summed E-state index contributed by atoms with van der Waals surface area (Å²) in [6, 6.07) is -0.632. The first-order valence-corrected chi connectivity index (χ1v) is 4.39. The van der Waals surface area contributed by atoms with Gasteiger partial charge in [-0.25, -0.2) is 0 Å². The molecule has 0 unspecified atom stereocenters. The number of hydrogen-bond donors (Lipinski definition) is 2. The lowest BCUT2D eigenvalue weighted by atomic mass is 9.87. The number of rotatable bonds is 3. The van der Waals surface area contributed by atoms with Gasteiger partial charge in [0.25, 0.3) is 0 Å². The monoisotopic (exact) mass is 202 g/mol. The van der Waals surface area contributed by atoms with Crippen molar-refractivity contribution in [2.24, 2.45) is 11.1 Å². The second-order valence-corrected chi connectivity index (χ2v) is 4.14. The molecule has 5 nitrogen and oxygen atoms in total. The van der Waals surface area contributed by atoms with E-state index in [1.807, 2.05) is 20.8 Å². The van der Waals surface area contributed by atoms with E-state index in [1.165, 1.54) is 7.11 Å². The standard InChI is InChI=1S/C9H18N2O3/c1-9(2,3)7(10)8(13)11-5-6(12)14-4/h7H,5,10H2,1-4H3,(H,11,13)/t7-/m0/s1. The summed E-state index contributed by atoms with van der Waals surface area (Å²) in [5, 5.41) is 2.40. The lowest BCUT2D eigenvalue weighted by molar-refractivity contribution is -0.141. The first-order chi connectivity index (χ1) is 6.29. The SMILES string of the molecule is COC(=O)CNC(=O)[C@H](N)C(C)(C)C. The Morgan fingerprint density at radius 1 is 1.43 bits per heavy atom. The van der Waals surface area contributed by atoms with Crippen LogP contribution in [-0.2, 0) is 14.3 Å². The second kappa shape index (κ2) is 4.95. The zero-order chi connectivity index (χ0) is 11.4. The minimum Gasteiger partial charge on any atom is -0.468 e. The fourth-order valence-electron chi connectivity index (χ4n) is 0.735. The molecule has 0 saturated carbocycles.